The lowest BCUT2D eigenvalue weighted by atomic mass is 9.68. The van der Waals surface area contributed by atoms with Gasteiger partial charge in [-0.3, -0.25) is 0 Å². The Morgan fingerprint density at radius 2 is 1.58 bits per heavy atom. The van der Waals surface area contributed by atoms with E-state index in [1.807, 2.05) is 7.05 Å². The molecule has 0 rings (SSSR count). The Hall–Kier alpha value is -0.0800. The fraction of sp³-hybridized carbons (Fsp3) is 1.00. The Labute approximate surface area is 76.7 Å². The van der Waals surface area contributed by atoms with Crippen molar-refractivity contribution in [3.63, 3.8) is 0 Å². The number of ether oxygens (including phenoxy) is 1. The summed E-state index contributed by atoms with van der Waals surface area (Å²) in [6.45, 7) is 10.8. The Bertz CT molecular complexity index is 114. The van der Waals surface area contributed by atoms with Crippen molar-refractivity contribution in [3.8, 4) is 0 Å². The molecule has 0 aromatic heterocycles. The number of rotatable bonds is 5. The van der Waals surface area contributed by atoms with E-state index in [0.717, 1.165) is 13.2 Å². The monoisotopic (exact) mass is 173 g/mol. The van der Waals surface area contributed by atoms with Gasteiger partial charge < -0.3 is 10.1 Å². The number of nitrogens with one attached hydrogen (secondary N) is 1. The van der Waals surface area contributed by atoms with Gasteiger partial charge in [0.15, 0.2) is 0 Å². The minimum atomic E-state index is 0.213. The highest BCUT2D eigenvalue weighted by Crippen LogP contribution is 2.37. The van der Waals surface area contributed by atoms with Crippen molar-refractivity contribution in [2.45, 2.75) is 27.7 Å². The van der Waals surface area contributed by atoms with E-state index >= 15 is 0 Å². The van der Waals surface area contributed by atoms with Gasteiger partial charge in [0.05, 0.1) is 6.61 Å². The highest BCUT2D eigenvalue weighted by atomic mass is 16.5. The van der Waals surface area contributed by atoms with Gasteiger partial charge in [-0.1, -0.05) is 27.7 Å². The van der Waals surface area contributed by atoms with E-state index in [0.29, 0.717) is 0 Å². The third-order valence-electron chi connectivity index (χ3n) is 2.96. The Balaban J connectivity index is 4.28. The average molecular weight is 173 g/mol. The quantitative estimate of drug-likeness (QED) is 0.685. The fourth-order valence-electron chi connectivity index (χ4n) is 1.24. The maximum Gasteiger partial charge on any atom is 0.0518 e. The topological polar surface area (TPSA) is 21.3 Å². The Morgan fingerprint density at radius 1 is 1.08 bits per heavy atom. The summed E-state index contributed by atoms with van der Waals surface area (Å²) in [6, 6.07) is 0. The fourth-order valence-corrected chi connectivity index (χ4v) is 1.24. The highest BCUT2D eigenvalue weighted by molar-refractivity contribution is 4.87. The van der Waals surface area contributed by atoms with Crippen LogP contribution in [0.4, 0.5) is 0 Å². The summed E-state index contributed by atoms with van der Waals surface area (Å²) in [4.78, 5) is 0. The lowest BCUT2D eigenvalue weighted by Gasteiger charge is -2.41. The van der Waals surface area contributed by atoms with Crippen molar-refractivity contribution in [2.75, 3.05) is 27.3 Å². The van der Waals surface area contributed by atoms with Gasteiger partial charge in [0, 0.05) is 13.7 Å². The molecule has 2 nitrogen and oxygen atoms in total. The normalized spacial score (nSPS) is 13.5. The molecule has 12 heavy (non-hydrogen) atoms. The second-order valence-electron chi connectivity index (χ2n) is 4.73. The Morgan fingerprint density at radius 3 is 1.92 bits per heavy atom. The molecule has 1 N–H and O–H groups in total. The van der Waals surface area contributed by atoms with Gasteiger partial charge in [0.2, 0.25) is 0 Å². The number of hydrogen-bond acceptors (Lipinski definition) is 2. The molecule has 0 aliphatic rings. The van der Waals surface area contributed by atoms with E-state index in [1.54, 1.807) is 7.11 Å². The van der Waals surface area contributed by atoms with Crippen molar-refractivity contribution in [2.24, 2.45) is 10.8 Å². The molecule has 0 aromatic carbocycles. The SMILES string of the molecule is CNCC(C)(C)C(C)(C)COC. The van der Waals surface area contributed by atoms with Crippen LogP contribution in [0.5, 0.6) is 0 Å². The molecule has 0 bridgehead atoms. The summed E-state index contributed by atoms with van der Waals surface area (Å²) in [5.74, 6) is 0. The molecule has 74 valence electrons. The van der Waals surface area contributed by atoms with Crippen molar-refractivity contribution in [3.05, 3.63) is 0 Å². The van der Waals surface area contributed by atoms with E-state index in [2.05, 4.69) is 33.0 Å². The smallest absolute Gasteiger partial charge is 0.0518 e. The molecule has 0 unspecified atom stereocenters. The first-order valence-electron chi connectivity index (χ1n) is 4.51. The molecular formula is C10H23NO. The summed E-state index contributed by atoms with van der Waals surface area (Å²) >= 11 is 0. The molecule has 0 spiro atoms. The molecule has 0 aromatic rings. The third-order valence-corrected chi connectivity index (χ3v) is 2.96. The van der Waals surface area contributed by atoms with Crippen LogP contribution in [0.2, 0.25) is 0 Å². The van der Waals surface area contributed by atoms with Gasteiger partial charge in [0.25, 0.3) is 0 Å². The van der Waals surface area contributed by atoms with Gasteiger partial charge in [-0.15, -0.1) is 0 Å². The molecular weight excluding hydrogens is 150 g/mol. The van der Waals surface area contributed by atoms with Crippen LogP contribution in [-0.4, -0.2) is 27.3 Å². The first kappa shape index (κ1) is 11.9. The standard InChI is InChI=1S/C10H23NO/c1-9(2,7-11-5)10(3,4)8-12-6/h11H,7-8H2,1-6H3. The molecule has 0 heterocycles. The summed E-state index contributed by atoms with van der Waals surface area (Å²) in [5.41, 5.74) is 0.475. The van der Waals surface area contributed by atoms with Crippen LogP contribution >= 0.6 is 0 Å². The van der Waals surface area contributed by atoms with Gasteiger partial charge in [-0.2, -0.15) is 0 Å². The molecule has 0 amide bonds. The number of hydrogen-bond donors (Lipinski definition) is 1. The summed E-state index contributed by atoms with van der Waals surface area (Å²) in [5, 5.41) is 3.22. The summed E-state index contributed by atoms with van der Waals surface area (Å²) < 4.78 is 5.21. The first-order valence-corrected chi connectivity index (χ1v) is 4.51. The molecule has 0 radical (unpaired) electrons. The minimum absolute atomic E-state index is 0.213. The number of methoxy groups -OCH3 is 1. The Kier molecular flexibility index (Phi) is 4.21. The minimum Gasteiger partial charge on any atom is -0.384 e. The molecule has 0 aliphatic carbocycles. The molecule has 0 saturated carbocycles. The van der Waals surface area contributed by atoms with Crippen LogP contribution in [0.25, 0.3) is 0 Å². The van der Waals surface area contributed by atoms with Gasteiger partial charge in [-0.25, -0.2) is 0 Å². The largest absolute Gasteiger partial charge is 0.384 e. The average Bonchev–Trinajstić information content (AvgIpc) is 1.86. The molecule has 0 fully saturated rings. The van der Waals surface area contributed by atoms with Crippen LogP contribution in [0.15, 0.2) is 0 Å². The molecule has 0 aliphatic heterocycles. The van der Waals surface area contributed by atoms with Crippen LogP contribution in [0.1, 0.15) is 27.7 Å². The van der Waals surface area contributed by atoms with Gasteiger partial charge >= 0.3 is 0 Å². The zero-order chi connectivity index (χ0) is 9.83. The molecule has 2 heteroatoms. The zero-order valence-corrected chi connectivity index (χ0v) is 9.32. The molecule has 0 saturated heterocycles. The van der Waals surface area contributed by atoms with Crippen LogP contribution < -0.4 is 5.32 Å². The van der Waals surface area contributed by atoms with Crippen LogP contribution in [0.3, 0.4) is 0 Å². The maximum atomic E-state index is 5.21. The van der Waals surface area contributed by atoms with Crippen molar-refractivity contribution < 1.29 is 4.74 Å². The van der Waals surface area contributed by atoms with E-state index < -0.39 is 0 Å². The van der Waals surface area contributed by atoms with E-state index in [1.165, 1.54) is 0 Å². The van der Waals surface area contributed by atoms with Gasteiger partial charge in [0.1, 0.15) is 0 Å². The highest BCUT2D eigenvalue weighted by Gasteiger charge is 2.36. The maximum absolute atomic E-state index is 5.21. The second kappa shape index (κ2) is 4.24. The lowest BCUT2D eigenvalue weighted by Crippen LogP contribution is -2.42. The predicted molar refractivity (Wildman–Crippen MR) is 53.4 cm³/mol. The van der Waals surface area contributed by atoms with Crippen molar-refractivity contribution in [1.82, 2.24) is 5.32 Å². The predicted octanol–water partition coefficient (Wildman–Crippen LogP) is 1.90. The van der Waals surface area contributed by atoms with E-state index in [4.69, 9.17) is 4.74 Å². The summed E-state index contributed by atoms with van der Waals surface area (Å²) in [7, 11) is 3.75. The van der Waals surface area contributed by atoms with Crippen LogP contribution in [-0.2, 0) is 4.74 Å². The summed E-state index contributed by atoms with van der Waals surface area (Å²) in [6.07, 6.45) is 0. The van der Waals surface area contributed by atoms with Gasteiger partial charge in [-0.05, 0) is 17.9 Å². The van der Waals surface area contributed by atoms with E-state index in [-0.39, 0.29) is 10.8 Å². The zero-order valence-electron chi connectivity index (χ0n) is 9.32. The van der Waals surface area contributed by atoms with Crippen molar-refractivity contribution in [1.29, 1.82) is 0 Å². The first-order chi connectivity index (χ1) is 5.37. The third kappa shape index (κ3) is 2.76. The van der Waals surface area contributed by atoms with E-state index in [9.17, 15) is 0 Å². The molecule has 0 atom stereocenters. The second-order valence-corrected chi connectivity index (χ2v) is 4.73. The van der Waals surface area contributed by atoms with Crippen molar-refractivity contribution >= 4 is 0 Å². The lowest BCUT2D eigenvalue weighted by molar-refractivity contribution is 0.0140. The van der Waals surface area contributed by atoms with Crippen LogP contribution in [0, 0.1) is 10.8 Å².